The van der Waals surface area contributed by atoms with E-state index >= 15 is 0 Å². The van der Waals surface area contributed by atoms with Gasteiger partial charge in [0.25, 0.3) is 0 Å². The fraction of sp³-hybridized carbons (Fsp3) is 0.889. The number of hydrogen-bond donors (Lipinski definition) is 2. The van der Waals surface area contributed by atoms with Crippen LogP contribution < -0.4 is 5.73 Å². The number of carbonyl (C=O) groups is 1. The Kier molecular flexibility index (Phi) is 3.27. The minimum atomic E-state index is -0.921. The number of aliphatic carboxylic acids is 1. The lowest BCUT2D eigenvalue weighted by Crippen LogP contribution is -2.44. The summed E-state index contributed by atoms with van der Waals surface area (Å²) >= 11 is 0. The van der Waals surface area contributed by atoms with Gasteiger partial charge in [0.05, 0.1) is 0 Å². The third kappa shape index (κ3) is 2.97. The van der Waals surface area contributed by atoms with E-state index in [1.54, 1.807) is 0 Å². The monoisotopic (exact) mass is 186 g/mol. The summed E-state index contributed by atoms with van der Waals surface area (Å²) in [5.41, 5.74) is 5.43. The summed E-state index contributed by atoms with van der Waals surface area (Å²) in [4.78, 5) is 12.5. The lowest BCUT2D eigenvalue weighted by molar-refractivity contribution is -0.139. The van der Waals surface area contributed by atoms with Crippen molar-refractivity contribution in [2.24, 2.45) is 11.7 Å². The van der Waals surface area contributed by atoms with E-state index in [1.807, 2.05) is 11.9 Å². The Bertz CT molecular complexity index is 192. The molecule has 0 amide bonds. The van der Waals surface area contributed by atoms with Crippen molar-refractivity contribution in [2.45, 2.75) is 31.8 Å². The summed E-state index contributed by atoms with van der Waals surface area (Å²) in [7, 11) is 1.94. The Labute approximate surface area is 78.7 Å². The second kappa shape index (κ2) is 4.07. The van der Waals surface area contributed by atoms with E-state index < -0.39 is 12.0 Å². The molecule has 1 aliphatic rings. The number of nitrogens with two attached hydrogens (primary N) is 1. The Hall–Kier alpha value is -0.610. The molecule has 76 valence electrons. The van der Waals surface area contributed by atoms with Crippen LogP contribution in [0, 0.1) is 5.92 Å². The van der Waals surface area contributed by atoms with Crippen molar-refractivity contribution < 1.29 is 9.90 Å². The fourth-order valence-corrected chi connectivity index (χ4v) is 1.49. The predicted molar refractivity (Wildman–Crippen MR) is 50.4 cm³/mol. The zero-order valence-electron chi connectivity index (χ0n) is 8.23. The molecule has 4 heteroatoms. The fourth-order valence-electron chi connectivity index (χ4n) is 1.49. The van der Waals surface area contributed by atoms with Crippen LogP contribution in [0.5, 0.6) is 0 Å². The first-order valence-corrected chi connectivity index (χ1v) is 4.71. The summed E-state index contributed by atoms with van der Waals surface area (Å²) in [5.74, 6) is -0.166. The SMILES string of the molecule is CC(C1CC1)N(C)CC(N)C(=O)O. The Balaban J connectivity index is 2.30. The molecule has 0 saturated heterocycles. The van der Waals surface area contributed by atoms with E-state index in [9.17, 15) is 4.79 Å². The number of carboxylic acids is 1. The zero-order chi connectivity index (χ0) is 10.0. The topological polar surface area (TPSA) is 66.6 Å². The summed E-state index contributed by atoms with van der Waals surface area (Å²) in [6.07, 6.45) is 2.54. The van der Waals surface area contributed by atoms with Gasteiger partial charge in [-0.05, 0) is 32.7 Å². The highest BCUT2D eigenvalue weighted by molar-refractivity contribution is 5.73. The van der Waals surface area contributed by atoms with E-state index in [0.29, 0.717) is 12.6 Å². The van der Waals surface area contributed by atoms with Crippen molar-refractivity contribution in [3.8, 4) is 0 Å². The Morgan fingerprint density at radius 1 is 1.69 bits per heavy atom. The molecule has 0 aromatic carbocycles. The lowest BCUT2D eigenvalue weighted by Gasteiger charge is -2.25. The van der Waals surface area contributed by atoms with Crippen LogP contribution in [-0.4, -0.2) is 41.7 Å². The molecule has 3 N–H and O–H groups in total. The lowest BCUT2D eigenvalue weighted by atomic mass is 10.1. The highest BCUT2D eigenvalue weighted by Gasteiger charge is 2.31. The Morgan fingerprint density at radius 2 is 2.23 bits per heavy atom. The van der Waals surface area contributed by atoms with Gasteiger partial charge in [-0.25, -0.2) is 0 Å². The molecule has 1 aliphatic carbocycles. The second-order valence-electron chi connectivity index (χ2n) is 3.96. The van der Waals surface area contributed by atoms with Gasteiger partial charge in [-0.3, -0.25) is 4.79 Å². The average molecular weight is 186 g/mol. The molecule has 0 aromatic heterocycles. The van der Waals surface area contributed by atoms with Gasteiger partial charge >= 0.3 is 5.97 Å². The average Bonchev–Trinajstić information content (AvgIpc) is 2.85. The molecule has 2 unspecified atom stereocenters. The summed E-state index contributed by atoms with van der Waals surface area (Å²) in [6.45, 7) is 2.57. The van der Waals surface area contributed by atoms with E-state index in [-0.39, 0.29) is 0 Å². The molecule has 1 saturated carbocycles. The van der Waals surface area contributed by atoms with Crippen LogP contribution in [-0.2, 0) is 4.79 Å². The van der Waals surface area contributed by atoms with E-state index in [0.717, 1.165) is 5.92 Å². The van der Waals surface area contributed by atoms with E-state index in [4.69, 9.17) is 10.8 Å². The minimum absolute atomic E-state index is 0.438. The van der Waals surface area contributed by atoms with Gasteiger partial charge in [0.1, 0.15) is 6.04 Å². The molecule has 0 heterocycles. The van der Waals surface area contributed by atoms with Crippen molar-refractivity contribution in [3.63, 3.8) is 0 Å². The molecule has 0 bridgehead atoms. The second-order valence-corrected chi connectivity index (χ2v) is 3.96. The van der Waals surface area contributed by atoms with Crippen molar-refractivity contribution in [3.05, 3.63) is 0 Å². The van der Waals surface area contributed by atoms with Gasteiger partial charge in [-0.2, -0.15) is 0 Å². The van der Waals surface area contributed by atoms with Crippen LogP contribution in [0.2, 0.25) is 0 Å². The van der Waals surface area contributed by atoms with Crippen molar-refractivity contribution in [1.29, 1.82) is 0 Å². The molecule has 0 aromatic rings. The third-order valence-corrected chi connectivity index (χ3v) is 2.80. The van der Waals surface area contributed by atoms with Crippen LogP contribution in [0.3, 0.4) is 0 Å². The van der Waals surface area contributed by atoms with Crippen molar-refractivity contribution >= 4 is 5.97 Å². The number of nitrogens with zero attached hydrogens (tertiary/aromatic N) is 1. The highest BCUT2D eigenvalue weighted by Crippen LogP contribution is 2.34. The summed E-state index contributed by atoms with van der Waals surface area (Å²) in [6, 6.07) is -0.295. The smallest absolute Gasteiger partial charge is 0.321 e. The number of carboxylic acid groups (broad SMARTS) is 1. The van der Waals surface area contributed by atoms with Gasteiger partial charge in [0.15, 0.2) is 0 Å². The predicted octanol–water partition coefficient (Wildman–Crippen LogP) is 0.129. The standard InChI is InChI=1S/C9H18N2O2/c1-6(7-3-4-7)11(2)5-8(10)9(12)13/h6-8H,3-5,10H2,1-2H3,(H,12,13). The van der Waals surface area contributed by atoms with E-state index in [2.05, 4.69) is 6.92 Å². The van der Waals surface area contributed by atoms with Gasteiger partial charge in [0.2, 0.25) is 0 Å². The molecule has 0 radical (unpaired) electrons. The first-order chi connectivity index (χ1) is 6.02. The van der Waals surface area contributed by atoms with Crippen LogP contribution in [0.15, 0.2) is 0 Å². The van der Waals surface area contributed by atoms with Crippen LogP contribution >= 0.6 is 0 Å². The molecule has 0 aliphatic heterocycles. The molecule has 13 heavy (non-hydrogen) atoms. The first kappa shape index (κ1) is 10.5. The summed E-state index contributed by atoms with van der Waals surface area (Å²) in [5, 5.41) is 8.62. The quantitative estimate of drug-likeness (QED) is 0.640. The molecule has 1 fully saturated rings. The van der Waals surface area contributed by atoms with Crippen LogP contribution in [0.1, 0.15) is 19.8 Å². The summed E-state index contributed by atoms with van der Waals surface area (Å²) < 4.78 is 0. The molecular weight excluding hydrogens is 168 g/mol. The van der Waals surface area contributed by atoms with Crippen LogP contribution in [0.25, 0.3) is 0 Å². The maximum absolute atomic E-state index is 10.5. The Morgan fingerprint density at radius 3 is 2.62 bits per heavy atom. The number of hydrogen-bond acceptors (Lipinski definition) is 3. The molecule has 1 rings (SSSR count). The first-order valence-electron chi connectivity index (χ1n) is 4.71. The highest BCUT2D eigenvalue weighted by atomic mass is 16.4. The van der Waals surface area contributed by atoms with Gasteiger partial charge in [-0.1, -0.05) is 0 Å². The van der Waals surface area contributed by atoms with Gasteiger partial charge in [0, 0.05) is 12.6 Å². The van der Waals surface area contributed by atoms with Gasteiger partial charge < -0.3 is 15.7 Å². The number of likely N-dealkylation sites (N-methyl/N-ethyl adjacent to an activating group) is 1. The third-order valence-electron chi connectivity index (χ3n) is 2.80. The largest absolute Gasteiger partial charge is 0.480 e. The molecule has 4 nitrogen and oxygen atoms in total. The van der Waals surface area contributed by atoms with E-state index in [1.165, 1.54) is 12.8 Å². The molecule has 2 atom stereocenters. The number of rotatable bonds is 5. The molecular formula is C9H18N2O2. The van der Waals surface area contributed by atoms with Crippen LogP contribution in [0.4, 0.5) is 0 Å². The molecule has 0 spiro atoms. The maximum Gasteiger partial charge on any atom is 0.321 e. The van der Waals surface area contributed by atoms with Crippen molar-refractivity contribution in [2.75, 3.05) is 13.6 Å². The van der Waals surface area contributed by atoms with Crippen molar-refractivity contribution in [1.82, 2.24) is 4.90 Å². The maximum atomic E-state index is 10.5. The van der Waals surface area contributed by atoms with Gasteiger partial charge in [-0.15, -0.1) is 0 Å². The normalized spacial score (nSPS) is 21.5. The zero-order valence-corrected chi connectivity index (χ0v) is 8.23. The minimum Gasteiger partial charge on any atom is -0.480 e.